The summed E-state index contributed by atoms with van der Waals surface area (Å²) in [6.45, 7) is 1.83. The van der Waals surface area contributed by atoms with E-state index in [1.54, 1.807) is 42.6 Å². The van der Waals surface area contributed by atoms with Crippen LogP contribution in [0, 0.1) is 0 Å². The molecule has 194 valence electrons. The molecule has 1 aromatic rings. The molecule has 2 aliphatic heterocycles. The molecule has 0 aromatic heterocycles. The van der Waals surface area contributed by atoms with Gasteiger partial charge in [0, 0.05) is 24.4 Å². The van der Waals surface area contributed by atoms with Crippen molar-refractivity contribution in [3.63, 3.8) is 0 Å². The first-order valence-corrected chi connectivity index (χ1v) is 13.9. The Morgan fingerprint density at radius 3 is 2.28 bits per heavy atom. The van der Waals surface area contributed by atoms with E-state index in [2.05, 4.69) is 10.3 Å². The third-order valence-corrected chi connectivity index (χ3v) is 9.44. The van der Waals surface area contributed by atoms with Crippen molar-refractivity contribution in [2.75, 3.05) is 45.2 Å². The minimum absolute atomic E-state index is 0.000508. The van der Waals surface area contributed by atoms with E-state index in [4.69, 9.17) is 18.9 Å². The monoisotopic (exact) mass is 554 g/mol. The van der Waals surface area contributed by atoms with Crippen LogP contribution in [0.3, 0.4) is 0 Å². The highest BCUT2D eigenvalue weighted by atomic mass is 32.2. The third kappa shape index (κ3) is 5.74. The maximum absolute atomic E-state index is 13.3. The highest BCUT2D eigenvalue weighted by Gasteiger charge is 2.50. The van der Waals surface area contributed by atoms with Crippen LogP contribution in [0.1, 0.15) is 27.6 Å². The fourth-order valence-electron chi connectivity index (χ4n) is 3.47. The first kappa shape index (κ1) is 28.1. The lowest BCUT2D eigenvalue weighted by atomic mass is 10.1. The van der Waals surface area contributed by atoms with E-state index in [-0.39, 0.29) is 33.1 Å². The van der Waals surface area contributed by atoms with Crippen molar-refractivity contribution in [1.29, 1.82) is 0 Å². The number of aliphatic imine (C=N–C) groups is 1. The van der Waals surface area contributed by atoms with Gasteiger partial charge >= 0.3 is 17.9 Å². The number of nitrogens with one attached hydrogen (secondary N) is 1. The zero-order valence-corrected chi connectivity index (χ0v) is 22.6. The number of ether oxygens (including phenoxy) is 4. The maximum Gasteiger partial charge on any atom is 0.366 e. The highest BCUT2D eigenvalue weighted by Crippen LogP contribution is 2.42. The number of thioether (sulfide) groups is 3. The van der Waals surface area contributed by atoms with Gasteiger partial charge in [-0.15, -0.1) is 35.3 Å². The summed E-state index contributed by atoms with van der Waals surface area (Å²) >= 11 is 4.56. The number of nitrogens with zero attached hydrogens (tertiary/aromatic N) is 1. The summed E-state index contributed by atoms with van der Waals surface area (Å²) in [5.74, 6) is -0.914. The molecule has 1 N–H and O–H groups in total. The van der Waals surface area contributed by atoms with Crippen molar-refractivity contribution in [3.8, 4) is 0 Å². The molecule has 1 amide bonds. The number of esters is 3. The first-order chi connectivity index (χ1) is 17.3. The van der Waals surface area contributed by atoms with Crippen LogP contribution >= 0.6 is 35.3 Å². The smallest absolute Gasteiger partial charge is 0.366 e. The van der Waals surface area contributed by atoms with Gasteiger partial charge in [0.25, 0.3) is 11.6 Å². The van der Waals surface area contributed by atoms with Crippen LogP contribution in [0.4, 0.5) is 0 Å². The number of hydrogen-bond donors (Lipinski definition) is 1. The molecule has 3 rings (SSSR count). The number of carbonyl (C=O) groups is 4. The van der Waals surface area contributed by atoms with Gasteiger partial charge in [0.05, 0.1) is 36.5 Å². The Morgan fingerprint density at radius 2 is 1.69 bits per heavy atom. The molecule has 1 saturated heterocycles. The summed E-state index contributed by atoms with van der Waals surface area (Å²) < 4.78 is 20.5. The van der Waals surface area contributed by atoms with Gasteiger partial charge in [-0.2, -0.15) is 0 Å². The summed E-state index contributed by atoms with van der Waals surface area (Å²) in [7, 11) is 3.54. The molecule has 0 aliphatic carbocycles. The van der Waals surface area contributed by atoms with Gasteiger partial charge in [-0.25, -0.2) is 19.4 Å². The van der Waals surface area contributed by atoms with Gasteiger partial charge in [-0.3, -0.25) is 4.79 Å². The molecule has 1 atom stereocenters. The third-order valence-electron chi connectivity index (χ3n) is 5.20. The molecule has 0 saturated carbocycles. The van der Waals surface area contributed by atoms with Gasteiger partial charge in [0.2, 0.25) is 0 Å². The van der Waals surface area contributed by atoms with E-state index in [1.807, 2.05) is 0 Å². The van der Waals surface area contributed by atoms with Crippen LogP contribution in [0.25, 0.3) is 0 Å². The van der Waals surface area contributed by atoms with Gasteiger partial charge in [0.15, 0.2) is 5.70 Å². The summed E-state index contributed by atoms with van der Waals surface area (Å²) in [6.07, 6.45) is 0. The molecular formula is C23H26N2O8S3. The second-order valence-electron chi connectivity index (χ2n) is 7.24. The first-order valence-electron chi connectivity index (χ1n) is 10.8. The molecule has 1 aromatic carbocycles. The zero-order valence-electron chi connectivity index (χ0n) is 20.2. The molecule has 1 unspecified atom stereocenters. The second-order valence-corrected chi connectivity index (χ2v) is 10.9. The number of benzene rings is 1. The van der Waals surface area contributed by atoms with Gasteiger partial charge in [-0.1, -0.05) is 12.1 Å². The predicted octanol–water partition coefficient (Wildman–Crippen LogP) is 2.49. The molecular weight excluding hydrogens is 528 g/mol. The quantitative estimate of drug-likeness (QED) is 0.274. The van der Waals surface area contributed by atoms with E-state index >= 15 is 0 Å². The predicted molar refractivity (Wildman–Crippen MR) is 139 cm³/mol. The number of hydrogen-bond acceptors (Lipinski definition) is 12. The lowest BCUT2D eigenvalue weighted by Crippen LogP contribution is -2.61. The molecule has 0 radical (unpaired) electrons. The Kier molecular flexibility index (Phi) is 9.88. The Bertz CT molecular complexity index is 1100. The van der Waals surface area contributed by atoms with E-state index in [0.29, 0.717) is 5.75 Å². The Labute approximate surface area is 221 Å². The van der Waals surface area contributed by atoms with Crippen molar-refractivity contribution in [2.24, 2.45) is 4.99 Å². The maximum atomic E-state index is 13.3. The highest BCUT2D eigenvalue weighted by molar-refractivity contribution is 8.20. The fourth-order valence-corrected chi connectivity index (χ4v) is 7.81. The lowest BCUT2D eigenvalue weighted by Gasteiger charge is -2.33. The SMILES string of the molecule is CCOC(=O)C1=C(C2SCCS2)CSC(C(NC(=O)c2ccccc2C(=O)OC)(OC)C(=O)OC)=N1. The van der Waals surface area contributed by atoms with Gasteiger partial charge in [0.1, 0.15) is 5.04 Å². The van der Waals surface area contributed by atoms with E-state index in [9.17, 15) is 19.2 Å². The lowest BCUT2D eigenvalue weighted by molar-refractivity contribution is -0.159. The summed E-state index contributed by atoms with van der Waals surface area (Å²) in [5, 5.41) is 2.53. The average Bonchev–Trinajstić information content (AvgIpc) is 3.45. The minimum atomic E-state index is -2.18. The normalized spacial score (nSPS) is 17.6. The van der Waals surface area contributed by atoms with Crippen LogP contribution in [-0.4, -0.2) is 84.4 Å². The molecule has 2 aliphatic rings. The van der Waals surface area contributed by atoms with E-state index in [0.717, 1.165) is 36.0 Å². The second kappa shape index (κ2) is 12.7. The van der Waals surface area contributed by atoms with Crippen LogP contribution in [0.5, 0.6) is 0 Å². The average molecular weight is 555 g/mol. The number of amides is 1. The zero-order chi connectivity index (χ0) is 26.3. The molecule has 36 heavy (non-hydrogen) atoms. The summed E-state index contributed by atoms with van der Waals surface area (Å²) in [5.41, 5.74) is -1.37. The number of methoxy groups -OCH3 is 3. The van der Waals surface area contributed by atoms with E-state index < -0.39 is 29.5 Å². The minimum Gasteiger partial charge on any atom is -0.465 e. The molecule has 0 spiro atoms. The standard InChI is InChI=1S/C23H26N2O8S3/c1-5-33-19(28)16-15(20-34-10-11-35-20)12-36-21(24-16)23(32-4,22(29)31-3)25-17(26)13-8-6-7-9-14(13)18(27)30-2/h6-9,20H,5,10-12H2,1-4H3,(H,25,26). The molecule has 0 bridgehead atoms. The Balaban J connectivity index is 2.08. The Hall–Kier alpha value is -2.48. The Morgan fingerprint density at radius 1 is 1.03 bits per heavy atom. The van der Waals surface area contributed by atoms with Crippen LogP contribution in [0.15, 0.2) is 40.5 Å². The van der Waals surface area contributed by atoms with Crippen molar-refractivity contribution in [3.05, 3.63) is 46.7 Å². The summed E-state index contributed by atoms with van der Waals surface area (Å²) in [4.78, 5) is 55.9. The summed E-state index contributed by atoms with van der Waals surface area (Å²) in [6, 6.07) is 5.97. The number of rotatable bonds is 9. The van der Waals surface area contributed by atoms with Crippen LogP contribution < -0.4 is 5.32 Å². The molecule has 1 fully saturated rings. The van der Waals surface area contributed by atoms with Gasteiger partial charge in [-0.05, 0) is 24.6 Å². The number of carbonyl (C=O) groups excluding carboxylic acids is 4. The molecule has 2 heterocycles. The van der Waals surface area contributed by atoms with Crippen molar-refractivity contribution in [1.82, 2.24) is 5.32 Å². The van der Waals surface area contributed by atoms with Crippen molar-refractivity contribution in [2.45, 2.75) is 17.2 Å². The van der Waals surface area contributed by atoms with Crippen LogP contribution in [0.2, 0.25) is 0 Å². The van der Waals surface area contributed by atoms with E-state index in [1.165, 1.54) is 26.4 Å². The van der Waals surface area contributed by atoms with Gasteiger partial charge < -0.3 is 24.3 Å². The van der Waals surface area contributed by atoms with Crippen molar-refractivity contribution < 1.29 is 38.1 Å². The molecule has 10 nitrogen and oxygen atoms in total. The largest absolute Gasteiger partial charge is 0.465 e. The molecule has 13 heteroatoms. The van der Waals surface area contributed by atoms with Crippen LogP contribution in [-0.2, 0) is 28.5 Å². The van der Waals surface area contributed by atoms with Crippen molar-refractivity contribution >= 4 is 64.1 Å². The topological polar surface area (TPSA) is 130 Å². The fraction of sp³-hybridized carbons (Fsp3) is 0.435.